The topological polar surface area (TPSA) is 29.5 Å². The van der Waals surface area contributed by atoms with Crippen molar-refractivity contribution < 1.29 is 9.53 Å². The first kappa shape index (κ1) is 12.5. The molecule has 0 aliphatic carbocycles. The lowest BCUT2D eigenvalue weighted by atomic mass is 10.0. The van der Waals surface area contributed by atoms with Crippen molar-refractivity contribution in [2.75, 3.05) is 19.8 Å². The van der Waals surface area contributed by atoms with Gasteiger partial charge in [0.25, 0.3) is 0 Å². The second-order valence-corrected chi connectivity index (χ2v) is 5.07. The molecule has 0 radical (unpaired) electrons. The van der Waals surface area contributed by atoms with Crippen LogP contribution in [0.25, 0.3) is 0 Å². The molecule has 1 aliphatic rings. The highest BCUT2D eigenvalue weighted by molar-refractivity contribution is 5.76. The van der Waals surface area contributed by atoms with Gasteiger partial charge in [-0.15, -0.1) is 0 Å². The van der Waals surface area contributed by atoms with Crippen LogP contribution in [0.2, 0.25) is 0 Å². The van der Waals surface area contributed by atoms with Gasteiger partial charge in [-0.1, -0.05) is 27.7 Å². The minimum absolute atomic E-state index is 0.269. The average Bonchev–Trinajstić information content (AvgIpc) is 2.16. The van der Waals surface area contributed by atoms with Gasteiger partial charge in [0.1, 0.15) is 0 Å². The van der Waals surface area contributed by atoms with Gasteiger partial charge in [-0.2, -0.15) is 0 Å². The molecule has 88 valence electrons. The van der Waals surface area contributed by atoms with Crippen LogP contribution in [0.1, 0.15) is 34.1 Å². The van der Waals surface area contributed by atoms with Gasteiger partial charge in [-0.05, 0) is 11.8 Å². The molecule has 1 amide bonds. The number of hydrogen-bond acceptors (Lipinski definition) is 2. The first-order valence-electron chi connectivity index (χ1n) is 5.89. The van der Waals surface area contributed by atoms with E-state index in [4.69, 9.17) is 4.74 Å². The molecule has 1 atom stereocenters. The predicted molar refractivity (Wildman–Crippen MR) is 60.6 cm³/mol. The molecule has 0 saturated carbocycles. The normalized spacial score (nSPS) is 22.5. The highest BCUT2D eigenvalue weighted by Gasteiger charge is 2.29. The van der Waals surface area contributed by atoms with E-state index in [0.717, 1.165) is 6.54 Å². The second kappa shape index (κ2) is 5.50. The fourth-order valence-electron chi connectivity index (χ4n) is 1.95. The van der Waals surface area contributed by atoms with Crippen molar-refractivity contribution in [1.29, 1.82) is 0 Å². The summed E-state index contributed by atoms with van der Waals surface area (Å²) < 4.78 is 5.43. The van der Waals surface area contributed by atoms with Crippen molar-refractivity contribution in [3.8, 4) is 0 Å². The Kier molecular flexibility index (Phi) is 4.58. The van der Waals surface area contributed by atoms with Crippen molar-refractivity contribution in [1.82, 2.24) is 4.90 Å². The van der Waals surface area contributed by atoms with Gasteiger partial charge in [-0.25, -0.2) is 0 Å². The Morgan fingerprint density at radius 3 is 2.60 bits per heavy atom. The molecule has 3 heteroatoms. The van der Waals surface area contributed by atoms with Crippen LogP contribution in [0.3, 0.4) is 0 Å². The van der Waals surface area contributed by atoms with Crippen LogP contribution in [0.4, 0.5) is 0 Å². The molecule has 1 heterocycles. The Bertz CT molecular complexity index is 214. The molecule has 1 unspecified atom stereocenters. The Morgan fingerprint density at radius 1 is 1.40 bits per heavy atom. The molecule has 0 aromatic heterocycles. The van der Waals surface area contributed by atoms with Gasteiger partial charge in [-0.3, -0.25) is 4.79 Å². The molecular weight excluding hydrogens is 190 g/mol. The summed E-state index contributed by atoms with van der Waals surface area (Å²) in [4.78, 5) is 14.0. The molecule has 1 saturated heterocycles. The zero-order valence-corrected chi connectivity index (χ0v) is 10.3. The minimum atomic E-state index is 0.269. The number of rotatable bonds is 3. The number of morpholine rings is 1. The molecule has 0 N–H and O–H groups in total. The molecule has 1 rings (SSSR count). The van der Waals surface area contributed by atoms with Gasteiger partial charge in [0.05, 0.1) is 19.3 Å². The summed E-state index contributed by atoms with van der Waals surface area (Å²) in [5.74, 6) is 1.20. The Labute approximate surface area is 92.8 Å². The zero-order valence-electron chi connectivity index (χ0n) is 10.3. The maximum absolute atomic E-state index is 12.0. The SMILES string of the molecule is CC(C)CC(=O)N1CCOCC1C(C)C. The smallest absolute Gasteiger partial charge is 0.223 e. The van der Waals surface area contributed by atoms with Gasteiger partial charge in [0.2, 0.25) is 5.91 Å². The Morgan fingerprint density at radius 2 is 2.07 bits per heavy atom. The minimum Gasteiger partial charge on any atom is -0.377 e. The standard InChI is InChI=1S/C12H23NO2/c1-9(2)7-12(14)13-5-6-15-8-11(13)10(3)4/h9-11H,5-8H2,1-4H3. The van der Waals surface area contributed by atoms with E-state index in [2.05, 4.69) is 27.7 Å². The maximum Gasteiger partial charge on any atom is 0.223 e. The first-order chi connectivity index (χ1) is 7.02. The number of nitrogens with zero attached hydrogens (tertiary/aromatic N) is 1. The van der Waals surface area contributed by atoms with E-state index < -0.39 is 0 Å². The average molecular weight is 213 g/mol. The molecule has 3 nitrogen and oxygen atoms in total. The summed E-state index contributed by atoms with van der Waals surface area (Å²) >= 11 is 0. The summed E-state index contributed by atoms with van der Waals surface area (Å²) in [5, 5.41) is 0. The molecule has 0 aromatic carbocycles. The summed E-state index contributed by atoms with van der Waals surface area (Å²) in [6.45, 7) is 10.6. The molecule has 1 fully saturated rings. The van der Waals surface area contributed by atoms with Crippen LogP contribution in [0.5, 0.6) is 0 Å². The van der Waals surface area contributed by atoms with Crippen LogP contribution in [0, 0.1) is 11.8 Å². The number of carbonyl (C=O) groups is 1. The van der Waals surface area contributed by atoms with Crippen molar-refractivity contribution in [2.45, 2.75) is 40.2 Å². The quantitative estimate of drug-likeness (QED) is 0.717. The second-order valence-electron chi connectivity index (χ2n) is 5.07. The fraction of sp³-hybridized carbons (Fsp3) is 0.917. The Hall–Kier alpha value is -0.570. The van der Waals surface area contributed by atoms with Gasteiger partial charge in [0.15, 0.2) is 0 Å². The van der Waals surface area contributed by atoms with Gasteiger partial charge in [0, 0.05) is 13.0 Å². The highest BCUT2D eigenvalue weighted by atomic mass is 16.5. The molecule has 0 bridgehead atoms. The highest BCUT2D eigenvalue weighted by Crippen LogP contribution is 2.17. The third kappa shape index (κ3) is 3.49. The van der Waals surface area contributed by atoms with Crippen molar-refractivity contribution in [3.05, 3.63) is 0 Å². The predicted octanol–water partition coefficient (Wildman–Crippen LogP) is 1.92. The van der Waals surface area contributed by atoms with E-state index in [9.17, 15) is 4.79 Å². The van der Waals surface area contributed by atoms with Crippen LogP contribution >= 0.6 is 0 Å². The van der Waals surface area contributed by atoms with Crippen LogP contribution in [-0.4, -0.2) is 36.6 Å². The van der Waals surface area contributed by atoms with Crippen LogP contribution < -0.4 is 0 Å². The van der Waals surface area contributed by atoms with E-state index in [1.54, 1.807) is 0 Å². The lowest BCUT2D eigenvalue weighted by Gasteiger charge is -2.38. The van der Waals surface area contributed by atoms with Crippen LogP contribution in [-0.2, 0) is 9.53 Å². The van der Waals surface area contributed by atoms with E-state index >= 15 is 0 Å². The third-order valence-corrected chi connectivity index (χ3v) is 2.84. The lowest BCUT2D eigenvalue weighted by Crippen LogP contribution is -2.51. The molecule has 0 spiro atoms. The molecule has 1 aliphatic heterocycles. The van der Waals surface area contributed by atoms with Crippen molar-refractivity contribution in [3.63, 3.8) is 0 Å². The van der Waals surface area contributed by atoms with Gasteiger partial charge < -0.3 is 9.64 Å². The molecular formula is C12H23NO2. The number of carbonyl (C=O) groups excluding carboxylic acids is 1. The monoisotopic (exact) mass is 213 g/mol. The summed E-state index contributed by atoms with van der Waals surface area (Å²) in [5.41, 5.74) is 0. The van der Waals surface area contributed by atoms with E-state index in [1.807, 2.05) is 4.90 Å². The molecule has 15 heavy (non-hydrogen) atoms. The van der Waals surface area contributed by atoms with Crippen molar-refractivity contribution in [2.24, 2.45) is 11.8 Å². The summed E-state index contributed by atoms with van der Waals surface area (Å²) in [6, 6.07) is 0.269. The van der Waals surface area contributed by atoms with Crippen molar-refractivity contribution >= 4 is 5.91 Å². The Balaban J connectivity index is 2.59. The maximum atomic E-state index is 12.0. The number of ether oxygens (including phenoxy) is 1. The van der Waals surface area contributed by atoms with E-state index in [0.29, 0.717) is 31.5 Å². The lowest BCUT2D eigenvalue weighted by molar-refractivity contribution is -0.142. The zero-order chi connectivity index (χ0) is 11.4. The summed E-state index contributed by atoms with van der Waals surface area (Å²) in [7, 11) is 0. The van der Waals surface area contributed by atoms with Crippen LogP contribution in [0.15, 0.2) is 0 Å². The third-order valence-electron chi connectivity index (χ3n) is 2.84. The van der Waals surface area contributed by atoms with E-state index in [-0.39, 0.29) is 11.9 Å². The molecule has 0 aromatic rings. The number of amides is 1. The van der Waals surface area contributed by atoms with Gasteiger partial charge >= 0.3 is 0 Å². The van der Waals surface area contributed by atoms with E-state index in [1.165, 1.54) is 0 Å². The number of hydrogen-bond donors (Lipinski definition) is 0. The summed E-state index contributed by atoms with van der Waals surface area (Å²) in [6.07, 6.45) is 0.656. The largest absolute Gasteiger partial charge is 0.377 e. The first-order valence-corrected chi connectivity index (χ1v) is 5.89. The fourth-order valence-corrected chi connectivity index (χ4v) is 1.95.